The number of nitrogens with zero attached hydrogens (tertiary/aromatic N) is 4. The van der Waals surface area contributed by atoms with Crippen LogP contribution in [0.15, 0.2) is 0 Å². The van der Waals surface area contributed by atoms with E-state index in [-0.39, 0.29) is 23.6 Å². The number of aromatic nitrogens is 3. The zero-order valence-corrected chi connectivity index (χ0v) is 15.2. The number of hydrogen-bond donors (Lipinski definition) is 1. The lowest BCUT2D eigenvalue weighted by Gasteiger charge is -2.21. The van der Waals surface area contributed by atoms with Gasteiger partial charge in [-0.25, -0.2) is 17.9 Å². The first-order chi connectivity index (χ1) is 10.7. The van der Waals surface area contributed by atoms with Crippen LogP contribution < -0.4 is 0 Å². The monoisotopic (exact) mass is 362 g/mol. The Hall–Kier alpha value is -1.13. The van der Waals surface area contributed by atoms with Crippen molar-refractivity contribution in [3.63, 3.8) is 0 Å². The van der Waals surface area contributed by atoms with E-state index >= 15 is 0 Å². The molecule has 0 bridgehead atoms. The third kappa shape index (κ3) is 4.24. The van der Waals surface area contributed by atoms with Crippen molar-refractivity contribution in [2.75, 3.05) is 19.4 Å². The maximum atomic E-state index is 11.8. The lowest BCUT2D eigenvalue weighted by molar-refractivity contribution is 0.0518. The first kappa shape index (κ1) is 18.2. The minimum Gasteiger partial charge on any atom is -0.461 e. The van der Waals surface area contributed by atoms with Crippen molar-refractivity contribution < 1.29 is 17.9 Å². The lowest BCUT2D eigenvalue weighted by atomic mass is 10.1. The lowest BCUT2D eigenvalue weighted by Crippen LogP contribution is -2.35. The minimum absolute atomic E-state index is 0.0432. The number of rotatable bonds is 6. The predicted octanol–water partition coefficient (Wildman–Crippen LogP) is 0.486. The Morgan fingerprint density at radius 1 is 1.48 bits per heavy atom. The van der Waals surface area contributed by atoms with E-state index in [4.69, 9.17) is 4.74 Å². The summed E-state index contributed by atoms with van der Waals surface area (Å²) in [6, 6.07) is -0.109. The second kappa shape index (κ2) is 7.18. The molecule has 0 saturated carbocycles. The highest BCUT2D eigenvalue weighted by Gasteiger charge is 2.35. The molecule has 0 aromatic carbocycles. The Balaban J connectivity index is 2.05. The smallest absolute Gasteiger partial charge is 0.360 e. The van der Waals surface area contributed by atoms with Gasteiger partial charge in [-0.2, -0.15) is 16.9 Å². The van der Waals surface area contributed by atoms with E-state index in [1.807, 2.05) is 0 Å². The molecule has 2 atom stereocenters. The Morgan fingerprint density at radius 3 is 2.78 bits per heavy atom. The van der Waals surface area contributed by atoms with Gasteiger partial charge in [0.2, 0.25) is 10.0 Å². The second-order valence-corrected chi connectivity index (χ2v) is 8.30. The molecular weight excluding hydrogens is 340 g/mol. The van der Waals surface area contributed by atoms with Crippen molar-refractivity contribution >= 4 is 28.6 Å². The molecule has 0 aliphatic carbocycles. The van der Waals surface area contributed by atoms with Crippen LogP contribution >= 0.6 is 12.6 Å². The average molecular weight is 362 g/mol. The molecule has 2 heterocycles. The molecule has 0 radical (unpaired) electrons. The van der Waals surface area contributed by atoms with Gasteiger partial charge in [0.25, 0.3) is 0 Å². The third-order valence-corrected chi connectivity index (χ3v) is 5.57. The van der Waals surface area contributed by atoms with Crippen LogP contribution in [0.1, 0.15) is 35.9 Å². The number of esters is 1. The van der Waals surface area contributed by atoms with Gasteiger partial charge in [0.1, 0.15) is 0 Å². The van der Waals surface area contributed by atoms with Crippen molar-refractivity contribution in [2.24, 2.45) is 0 Å². The standard InChI is InChI=1S/C13H22N4O4S2/c1-4-21-13(18)12-9(2)16(15-14-12)6-5-10-7-11(22)8-17(10)23(3,19)20/h10-11,22H,4-8H2,1-3H3/t10-,11+/m0/s1. The van der Waals surface area contributed by atoms with Gasteiger partial charge in [-0.15, -0.1) is 5.10 Å². The van der Waals surface area contributed by atoms with Crippen LogP contribution in [0.5, 0.6) is 0 Å². The maximum absolute atomic E-state index is 11.8. The van der Waals surface area contributed by atoms with Crippen LogP contribution in [0, 0.1) is 6.92 Å². The summed E-state index contributed by atoms with van der Waals surface area (Å²) < 4.78 is 31.7. The topological polar surface area (TPSA) is 94.4 Å². The molecule has 1 fully saturated rings. The van der Waals surface area contributed by atoms with Gasteiger partial charge in [-0.1, -0.05) is 5.21 Å². The summed E-state index contributed by atoms with van der Waals surface area (Å²) in [6.45, 7) is 4.66. The van der Waals surface area contributed by atoms with E-state index < -0.39 is 16.0 Å². The molecule has 0 amide bonds. The van der Waals surface area contributed by atoms with Gasteiger partial charge in [0.15, 0.2) is 5.69 Å². The Kier molecular flexibility index (Phi) is 5.69. The molecule has 0 N–H and O–H groups in total. The van der Waals surface area contributed by atoms with Crippen molar-refractivity contribution in [2.45, 2.75) is 44.5 Å². The van der Waals surface area contributed by atoms with Crippen LogP contribution in [0.2, 0.25) is 0 Å². The zero-order valence-electron chi connectivity index (χ0n) is 13.5. The number of sulfonamides is 1. The summed E-state index contributed by atoms with van der Waals surface area (Å²) in [5.41, 5.74) is 0.820. The van der Waals surface area contributed by atoms with E-state index in [0.29, 0.717) is 31.6 Å². The summed E-state index contributed by atoms with van der Waals surface area (Å²) in [5.74, 6) is -0.495. The first-order valence-electron chi connectivity index (χ1n) is 7.46. The van der Waals surface area contributed by atoms with Crippen molar-refractivity contribution in [3.8, 4) is 0 Å². The van der Waals surface area contributed by atoms with Crippen LogP contribution in [-0.2, 0) is 21.3 Å². The molecule has 8 nitrogen and oxygen atoms in total. The molecule has 1 aromatic rings. The predicted molar refractivity (Wildman–Crippen MR) is 88.1 cm³/mol. The number of hydrogen-bond acceptors (Lipinski definition) is 7. The van der Waals surface area contributed by atoms with E-state index in [1.54, 1.807) is 18.5 Å². The first-order valence-corrected chi connectivity index (χ1v) is 9.82. The molecule has 0 unspecified atom stereocenters. The Bertz CT molecular complexity index is 674. The van der Waals surface area contributed by atoms with Crippen LogP contribution in [-0.4, -0.2) is 64.4 Å². The summed E-state index contributed by atoms with van der Waals surface area (Å²) in [5, 5.41) is 7.86. The molecule has 2 rings (SSSR count). The van der Waals surface area contributed by atoms with Gasteiger partial charge in [-0.05, 0) is 26.7 Å². The van der Waals surface area contributed by atoms with Gasteiger partial charge >= 0.3 is 5.97 Å². The minimum atomic E-state index is -3.25. The number of carbonyl (C=O) groups is 1. The van der Waals surface area contributed by atoms with E-state index in [2.05, 4.69) is 22.9 Å². The molecule has 130 valence electrons. The van der Waals surface area contributed by atoms with Gasteiger partial charge in [0, 0.05) is 24.4 Å². The molecule has 0 spiro atoms. The number of aryl methyl sites for hydroxylation is 1. The van der Waals surface area contributed by atoms with E-state index in [0.717, 1.165) is 0 Å². The fourth-order valence-electron chi connectivity index (χ4n) is 2.76. The average Bonchev–Trinajstić information content (AvgIpc) is 2.99. The normalized spacial score (nSPS) is 22.4. The summed E-state index contributed by atoms with van der Waals surface area (Å²) in [4.78, 5) is 11.7. The third-order valence-electron chi connectivity index (χ3n) is 3.89. The van der Waals surface area contributed by atoms with Gasteiger partial charge in [0.05, 0.1) is 18.6 Å². The Labute approximate surface area is 141 Å². The highest BCUT2D eigenvalue weighted by atomic mass is 32.2. The molecule has 1 saturated heterocycles. The summed E-state index contributed by atoms with van der Waals surface area (Å²) in [7, 11) is -3.25. The van der Waals surface area contributed by atoms with Crippen molar-refractivity contribution in [1.82, 2.24) is 19.3 Å². The molecule has 23 heavy (non-hydrogen) atoms. The fraction of sp³-hybridized carbons (Fsp3) is 0.769. The largest absolute Gasteiger partial charge is 0.461 e. The van der Waals surface area contributed by atoms with E-state index in [9.17, 15) is 13.2 Å². The van der Waals surface area contributed by atoms with Crippen LogP contribution in [0.4, 0.5) is 0 Å². The fourth-order valence-corrected chi connectivity index (χ4v) is 4.48. The number of ether oxygens (including phenoxy) is 1. The van der Waals surface area contributed by atoms with E-state index in [1.165, 1.54) is 10.6 Å². The quantitative estimate of drug-likeness (QED) is 0.584. The van der Waals surface area contributed by atoms with Crippen molar-refractivity contribution in [3.05, 3.63) is 11.4 Å². The number of thiol groups is 1. The zero-order chi connectivity index (χ0) is 17.2. The summed E-state index contributed by atoms with van der Waals surface area (Å²) in [6.07, 6.45) is 2.51. The van der Waals surface area contributed by atoms with Gasteiger partial charge in [-0.3, -0.25) is 0 Å². The molecule has 1 aliphatic heterocycles. The SMILES string of the molecule is CCOC(=O)c1nnn(CC[C@H]2C[C@@H](S)CN2S(C)(=O)=O)c1C. The summed E-state index contributed by atoms with van der Waals surface area (Å²) >= 11 is 4.40. The molecule has 10 heteroatoms. The maximum Gasteiger partial charge on any atom is 0.360 e. The highest BCUT2D eigenvalue weighted by molar-refractivity contribution is 7.88. The molecule has 1 aromatic heterocycles. The van der Waals surface area contributed by atoms with Crippen LogP contribution in [0.3, 0.4) is 0 Å². The molecular formula is C13H22N4O4S2. The highest BCUT2D eigenvalue weighted by Crippen LogP contribution is 2.27. The van der Waals surface area contributed by atoms with Crippen molar-refractivity contribution in [1.29, 1.82) is 0 Å². The van der Waals surface area contributed by atoms with Gasteiger partial charge < -0.3 is 4.74 Å². The second-order valence-electron chi connectivity index (χ2n) is 5.63. The molecule has 1 aliphatic rings. The Morgan fingerprint density at radius 2 is 2.17 bits per heavy atom. The van der Waals surface area contributed by atoms with Crippen LogP contribution in [0.25, 0.3) is 0 Å². The number of carbonyl (C=O) groups excluding carboxylic acids is 1.